The number of nitrogens with zero attached hydrogens (tertiary/aromatic N) is 2. The number of halogens is 1. The highest BCUT2D eigenvalue weighted by molar-refractivity contribution is 7.13. The number of rotatable bonds is 5. The number of nitro groups is 1. The molecule has 7 nitrogen and oxygen atoms in total. The number of thiazole rings is 1. The molecule has 0 aliphatic rings. The van der Waals surface area contributed by atoms with Crippen LogP contribution < -0.4 is 0 Å². The second-order valence-corrected chi connectivity index (χ2v) is 5.86. The summed E-state index contributed by atoms with van der Waals surface area (Å²) in [4.78, 5) is 26.0. The van der Waals surface area contributed by atoms with Gasteiger partial charge in [-0.15, -0.1) is 11.3 Å². The van der Waals surface area contributed by atoms with Crippen LogP contribution in [0.4, 0.5) is 5.88 Å². The number of carbonyl (C=O) groups is 1. The average Bonchev–Trinajstić information content (AvgIpc) is 3.22. The number of ether oxygens (including phenoxy) is 1. The van der Waals surface area contributed by atoms with Crippen molar-refractivity contribution in [2.24, 2.45) is 0 Å². The molecular weight excluding hydrogens is 356 g/mol. The van der Waals surface area contributed by atoms with Crippen LogP contribution in [-0.2, 0) is 11.3 Å². The van der Waals surface area contributed by atoms with E-state index in [1.807, 2.05) is 18.2 Å². The molecule has 2 aromatic heterocycles. The van der Waals surface area contributed by atoms with Gasteiger partial charge >= 0.3 is 11.9 Å². The molecule has 0 atom stereocenters. The summed E-state index contributed by atoms with van der Waals surface area (Å²) >= 11 is 7.49. The molecule has 0 unspecified atom stereocenters. The maximum atomic E-state index is 11.8. The van der Waals surface area contributed by atoms with E-state index in [1.54, 1.807) is 11.4 Å². The van der Waals surface area contributed by atoms with Crippen LogP contribution in [0.5, 0.6) is 0 Å². The summed E-state index contributed by atoms with van der Waals surface area (Å²) in [7, 11) is 0. The molecule has 0 amide bonds. The Morgan fingerprint density at radius 3 is 2.83 bits per heavy atom. The van der Waals surface area contributed by atoms with Gasteiger partial charge in [-0.25, -0.2) is 9.78 Å². The van der Waals surface area contributed by atoms with Crippen LogP contribution in [0.3, 0.4) is 0 Å². The monoisotopic (exact) mass is 364 g/mol. The van der Waals surface area contributed by atoms with Gasteiger partial charge in [0.2, 0.25) is 5.76 Å². The highest BCUT2D eigenvalue weighted by atomic mass is 35.5. The maximum absolute atomic E-state index is 11.8. The highest BCUT2D eigenvalue weighted by Crippen LogP contribution is 2.30. The average molecular weight is 365 g/mol. The van der Waals surface area contributed by atoms with Crippen LogP contribution in [0.1, 0.15) is 16.2 Å². The van der Waals surface area contributed by atoms with Crippen molar-refractivity contribution in [1.82, 2.24) is 4.98 Å². The number of furan rings is 1. The van der Waals surface area contributed by atoms with E-state index in [1.165, 1.54) is 17.4 Å². The second-order valence-electron chi connectivity index (χ2n) is 4.59. The molecule has 0 bridgehead atoms. The van der Waals surface area contributed by atoms with Crippen LogP contribution in [0.15, 0.2) is 46.2 Å². The zero-order valence-electron chi connectivity index (χ0n) is 12.0. The Bertz CT molecular complexity index is 905. The van der Waals surface area contributed by atoms with Gasteiger partial charge in [0.25, 0.3) is 0 Å². The molecule has 1 aromatic carbocycles. The number of esters is 1. The normalized spacial score (nSPS) is 10.5. The number of aromatic nitrogens is 1. The Morgan fingerprint density at radius 1 is 1.33 bits per heavy atom. The first-order valence-corrected chi connectivity index (χ1v) is 7.91. The molecule has 9 heteroatoms. The van der Waals surface area contributed by atoms with Gasteiger partial charge < -0.3 is 9.15 Å². The summed E-state index contributed by atoms with van der Waals surface area (Å²) in [5, 5.41) is 13.6. The van der Waals surface area contributed by atoms with Crippen molar-refractivity contribution in [3.8, 4) is 10.6 Å². The lowest BCUT2D eigenvalue weighted by Gasteiger charge is -2.00. The summed E-state index contributed by atoms with van der Waals surface area (Å²) in [6.45, 7) is -0.0751. The van der Waals surface area contributed by atoms with E-state index < -0.39 is 16.8 Å². The molecule has 0 spiro atoms. The lowest BCUT2D eigenvalue weighted by atomic mass is 10.2. The lowest BCUT2D eigenvalue weighted by molar-refractivity contribution is -0.402. The maximum Gasteiger partial charge on any atom is 0.433 e. The molecule has 3 rings (SSSR count). The minimum atomic E-state index is -0.796. The van der Waals surface area contributed by atoms with Gasteiger partial charge in [-0.1, -0.05) is 29.8 Å². The van der Waals surface area contributed by atoms with E-state index in [0.717, 1.165) is 11.6 Å². The van der Waals surface area contributed by atoms with E-state index in [-0.39, 0.29) is 12.4 Å². The third-order valence-corrected chi connectivity index (χ3v) is 4.23. The van der Waals surface area contributed by atoms with E-state index in [2.05, 4.69) is 4.98 Å². The van der Waals surface area contributed by atoms with Gasteiger partial charge in [0, 0.05) is 10.9 Å². The van der Waals surface area contributed by atoms with E-state index in [0.29, 0.717) is 15.7 Å². The van der Waals surface area contributed by atoms with Crippen LogP contribution in [0.2, 0.25) is 5.02 Å². The smallest absolute Gasteiger partial charge is 0.433 e. The standard InChI is InChI=1S/C15H9ClN2O5S/c16-11-4-2-1-3-10(11)14-17-9(8-24-14)7-22-15(19)12-5-6-13(23-12)18(20)21/h1-6,8H,7H2. The van der Waals surface area contributed by atoms with Gasteiger partial charge in [-0.3, -0.25) is 10.1 Å². The fourth-order valence-corrected chi connectivity index (χ4v) is 3.00. The van der Waals surface area contributed by atoms with Gasteiger partial charge in [-0.2, -0.15) is 0 Å². The second kappa shape index (κ2) is 6.81. The zero-order chi connectivity index (χ0) is 17.1. The molecule has 0 fully saturated rings. The number of hydrogen-bond acceptors (Lipinski definition) is 7. The minimum absolute atomic E-state index is 0.0751. The number of benzene rings is 1. The summed E-state index contributed by atoms with van der Waals surface area (Å²) in [6.07, 6.45) is 0. The van der Waals surface area contributed by atoms with Crippen molar-refractivity contribution in [3.63, 3.8) is 0 Å². The SMILES string of the molecule is O=C(OCc1csc(-c2ccccc2Cl)n1)c1ccc([N+](=O)[O-])o1. The molecule has 0 saturated carbocycles. The summed E-state index contributed by atoms with van der Waals surface area (Å²) in [5.74, 6) is -1.55. The first-order chi connectivity index (χ1) is 11.5. The Kier molecular flexibility index (Phi) is 4.59. The molecule has 0 aliphatic carbocycles. The number of hydrogen-bond donors (Lipinski definition) is 0. The summed E-state index contributed by atoms with van der Waals surface area (Å²) in [6, 6.07) is 9.57. The Labute approximate surface area is 144 Å². The number of carbonyl (C=O) groups excluding carboxylic acids is 1. The Morgan fingerprint density at radius 2 is 2.12 bits per heavy atom. The van der Waals surface area contributed by atoms with Crippen LogP contribution in [0, 0.1) is 10.1 Å². The third kappa shape index (κ3) is 3.44. The quantitative estimate of drug-likeness (QED) is 0.380. The largest absolute Gasteiger partial charge is 0.453 e. The predicted molar refractivity (Wildman–Crippen MR) is 87.0 cm³/mol. The van der Waals surface area contributed by atoms with Crippen molar-refractivity contribution in [1.29, 1.82) is 0 Å². The molecule has 0 radical (unpaired) electrons. The van der Waals surface area contributed by atoms with Crippen LogP contribution in [0.25, 0.3) is 10.6 Å². The van der Waals surface area contributed by atoms with E-state index >= 15 is 0 Å². The molecular formula is C15H9ClN2O5S. The molecule has 3 aromatic rings. The van der Waals surface area contributed by atoms with Gasteiger partial charge in [0.05, 0.1) is 16.8 Å². The molecule has 122 valence electrons. The van der Waals surface area contributed by atoms with Crippen molar-refractivity contribution >= 4 is 34.8 Å². The fourth-order valence-electron chi connectivity index (χ4n) is 1.88. The molecule has 0 N–H and O–H groups in total. The third-order valence-electron chi connectivity index (χ3n) is 2.98. The van der Waals surface area contributed by atoms with Crippen LogP contribution in [-0.4, -0.2) is 15.9 Å². The van der Waals surface area contributed by atoms with Crippen molar-refractivity contribution < 1.29 is 18.9 Å². The topological polar surface area (TPSA) is 95.5 Å². The zero-order valence-corrected chi connectivity index (χ0v) is 13.5. The summed E-state index contributed by atoms with van der Waals surface area (Å²) < 4.78 is 9.82. The van der Waals surface area contributed by atoms with Gasteiger partial charge in [-0.05, 0) is 12.1 Å². The predicted octanol–water partition coefficient (Wildman–Crippen LogP) is 4.32. The molecule has 24 heavy (non-hydrogen) atoms. The minimum Gasteiger partial charge on any atom is -0.453 e. The van der Waals surface area contributed by atoms with Gasteiger partial charge in [0.15, 0.2) is 0 Å². The van der Waals surface area contributed by atoms with Crippen molar-refractivity contribution in [2.45, 2.75) is 6.61 Å². The Hall–Kier alpha value is -2.71. The van der Waals surface area contributed by atoms with E-state index in [4.69, 9.17) is 20.8 Å². The van der Waals surface area contributed by atoms with Crippen molar-refractivity contribution in [3.05, 3.63) is 68.4 Å². The fraction of sp³-hybridized carbons (Fsp3) is 0.0667. The van der Waals surface area contributed by atoms with Gasteiger partial charge in [0.1, 0.15) is 16.5 Å². The lowest BCUT2D eigenvalue weighted by Crippen LogP contribution is -2.04. The highest BCUT2D eigenvalue weighted by Gasteiger charge is 2.19. The molecule has 2 heterocycles. The summed E-state index contributed by atoms with van der Waals surface area (Å²) in [5.41, 5.74) is 1.34. The Balaban J connectivity index is 1.66. The van der Waals surface area contributed by atoms with Crippen molar-refractivity contribution in [2.75, 3.05) is 0 Å². The van der Waals surface area contributed by atoms with Crippen LogP contribution >= 0.6 is 22.9 Å². The first kappa shape index (κ1) is 16.2. The molecule has 0 saturated heterocycles. The first-order valence-electron chi connectivity index (χ1n) is 6.65. The van der Waals surface area contributed by atoms with E-state index in [9.17, 15) is 14.9 Å². The molecule has 0 aliphatic heterocycles.